The normalized spacial score (nSPS) is 17.7. The highest BCUT2D eigenvalue weighted by Gasteiger charge is 2.30. The highest BCUT2D eigenvalue weighted by Crippen LogP contribution is 2.23. The minimum atomic E-state index is -0.243. The molecule has 6 heteroatoms. The van der Waals surface area contributed by atoms with Crippen LogP contribution in [-0.4, -0.2) is 45.2 Å². The molecule has 1 aliphatic heterocycles. The van der Waals surface area contributed by atoms with Gasteiger partial charge in [-0.25, -0.2) is 4.98 Å². The Balaban J connectivity index is 1.98. The van der Waals surface area contributed by atoms with E-state index in [-0.39, 0.29) is 23.7 Å². The second-order valence-corrected chi connectivity index (χ2v) is 6.55. The molecule has 6 nitrogen and oxygen atoms in total. The fourth-order valence-corrected chi connectivity index (χ4v) is 3.50. The molecule has 0 bridgehead atoms. The molecule has 0 spiro atoms. The summed E-state index contributed by atoms with van der Waals surface area (Å²) >= 11 is 0. The predicted molar refractivity (Wildman–Crippen MR) is 96.8 cm³/mol. The van der Waals surface area contributed by atoms with Gasteiger partial charge in [0.2, 0.25) is 5.82 Å². The number of rotatable bonds is 5. The first-order valence-corrected chi connectivity index (χ1v) is 9.23. The predicted octanol–water partition coefficient (Wildman–Crippen LogP) is 2.88. The van der Waals surface area contributed by atoms with Crippen LogP contribution in [0.2, 0.25) is 0 Å². The Hall–Kier alpha value is -2.37. The van der Waals surface area contributed by atoms with E-state index in [9.17, 15) is 9.59 Å². The summed E-state index contributed by atoms with van der Waals surface area (Å²) in [5.74, 6) is -0.0324. The molecule has 2 aromatic heterocycles. The standard InChI is InChI=1S/C19H26N4O2/c1-3-11-20-18(24)17-21-16(15-10-6-8-13-23(15)17)19(25)22-12-7-5-9-14(22)4-2/h6,8,10,13-14H,3-5,7,9,11-12H2,1-2H3,(H,20,24). The number of fused-ring (bicyclic) bond motifs is 1. The molecular formula is C19H26N4O2. The number of piperidine rings is 1. The van der Waals surface area contributed by atoms with E-state index in [4.69, 9.17) is 0 Å². The Labute approximate surface area is 148 Å². The van der Waals surface area contributed by atoms with Gasteiger partial charge in [-0.2, -0.15) is 0 Å². The number of amides is 2. The van der Waals surface area contributed by atoms with Gasteiger partial charge in [0.15, 0.2) is 5.69 Å². The molecule has 0 saturated carbocycles. The van der Waals surface area contributed by atoms with Crippen LogP contribution in [0, 0.1) is 0 Å². The number of imidazole rings is 1. The van der Waals surface area contributed by atoms with E-state index in [1.165, 1.54) is 0 Å². The fourth-order valence-electron chi connectivity index (χ4n) is 3.50. The van der Waals surface area contributed by atoms with Crippen molar-refractivity contribution in [2.45, 2.75) is 52.0 Å². The Bertz CT molecular complexity index is 768. The lowest BCUT2D eigenvalue weighted by Crippen LogP contribution is -2.43. The summed E-state index contributed by atoms with van der Waals surface area (Å²) in [7, 11) is 0. The molecule has 3 rings (SSSR count). The maximum Gasteiger partial charge on any atom is 0.287 e. The number of aromatic nitrogens is 2. The number of carbonyl (C=O) groups excluding carboxylic acids is 2. The van der Waals surface area contributed by atoms with Gasteiger partial charge in [-0.15, -0.1) is 0 Å². The third kappa shape index (κ3) is 3.38. The van der Waals surface area contributed by atoms with Crippen LogP contribution < -0.4 is 5.32 Å². The number of nitrogens with one attached hydrogen (secondary N) is 1. The zero-order valence-corrected chi connectivity index (χ0v) is 15.0. The summed E-state index contributed by atoms with van der Waals surface area (Å²) in [6, 6.07) is 5.82. The van der Waals surface area contributed by atoms with Crippen LogP contribution >= 0.6 is 0 Å². The Kier molecular flexibility index (Phi) is 5.36. The van der Waals surface area contributed by atoms with Crippen molar-refractivity contribution < 1.29 is 9.59 Å². The summed E-state index contributed by atoms with van der Waals surface area (Å²) in [5.41, 5.74) is 1.07. The molecule has 3 heterocycles. The van der Waals surface area contributed by atoms with Crippen molar-refractivity contribution in [1.29, 1.82) is 0 Å². The molecule has 1 saturated heterocycles. The molecule has 1 unspecified atom stereocenters. The summed E-state index contributed by atoms with van der Waals surface area (Å²) in [6.45, 7) is 5.47. The van der Waals surface area contributed by atoms with E-state index in [2.05, 4.69) is 17.2 Å². The minimum absolute atomic E-state index is 0.0650. The summed E-state index contributed by atoms with van der Waals surface area (Å²) in [6.07, 6.45) is 6.81. The highest BCUT2D eigenvalue weighted by molar-refractivity contribution is 6.02. The first kappa shape index (κ1) is 17.5. The second-order valence-electron chi connectivity index (χ2n) is 6.55. The van der Waals surface area contributed by atoms with Crippen LogP contribution in [-0.2, 0) is 0 Å². The van der Waals surface area contributed by atoms with Crippen molar-refractivity contribution >= 4 is 17.3 Å². The molecular weight excluding hydrogens is 316 g/mol. The molecule has 1 N–H and O–H groups in total. The van der Waals surface area contributed by atoms with Gasteiger partial charge in [0.25, 0.3) is 11.8 Å². The van der Waals surface area contributed by atoms with Gasteiger partial charge < -0.3 is 10.2 Å². The van der Waals surface area contributed by atoms with Gasteiger partial charge in [0.05, 0.1) is 5.52 Å². The van der Waals surface area contributed by atoms with Gasteiger partial charge in [0.1, 0.15) is 0 Å². The summed E-state index contributed by atoms with van der Waals surface area (Å²) < 4.78 is 1.71. The number of carbonyl (C=O) groups is 2. The Morgan fingerprint density at radius 2 is 2.12 bits per heavy atom. The zero-order valence-electron chi connectivity index (χ0n) is 15.0. The van der Waals surface area contributed by atoms with Gasteiger partial charge in [0, 0.05) is 25.3 Å². The minimum Gasteiger partial charge on any atom is -0.349 e. The highest BCUT2D eigenvalue weighted by atomic mass is 16.2. The Morgan fingerprint density at radius 3 is 2.88 bits per heavy atom. The van der Waals surface area contributed by atoms with Gasteiger partial charge in [-0.1, -0.05) is 19.9 Å². The van der Waals surface area contributed by atoms with E-state index in [0.717, 1.165) is 38.6 Å². The molecule has 134 valence electrons. The van der Waals surface area contributed by atoms with Gasteiger partial charge >= 0.3 is 0 Å². The number of nitrogens with zero attached hydrogens (tertiary/aromatic N) is 3. The van der Waals surface area contributed by atoms with E-state index in [1.807, 2.05) is 30.0 Å². The average molecular weight is 342 g/mol. The zero-order chi connectivity index (χ0) is 17.8. The number of hydrogen-bond donors (Lipinski definition) is 1. The van der Waals surface area contributed by atoms with Crippen LogP contribution in [0.15, 0.2) is 24.4 Å². The van der Waals surface area contributed by atoms with Crippen LogP contribution in [0.4, 0.5) is 0 Å². The first-order valence-electron chi connectivity index (χ1n) is 9.23. The molecule has 0 aromatic carbocycles. The number of hydrogen-bond acceptors (Lipinski definition) is 3. The molecule has 2 amide bonds. The van der Waals surface area contributed by atoms with Crippen molar-refractivity contribution in [1.82, 2.24) is 19.6 Å². The molecule has 0 aliphatic carbocycles. The van der Waals surface area contributed by atoms with Crippen LogP contribution in [0.3, 0.4) is 0 Å². The SMILES string of the molecule is CCCNC(=O)c1nc(C(=O)N2CCCCC2CC)c2ccccn12. The molecule has 1 fully saturated rings. The van der Waals surface area contributed by atoms with E-state index < -0.39 is 0 Å². The van der Waals surface area contributed by atoms with E-state index in [1.54, 1.807) is 10.6 Å². The van der Waals surface area contributed by atoms with Crippen molar-refractivity contribution in [3.8, 4) is 0 Å². The van der Waals surface area contributed by atoms with Crippen molar-refractivity contribution in [3.63, 3.8) is 0 Å². The molecule has 2 aromatic rings. The van der Waals surface area contributed by atoms with Crippen LogP contribution in [0.5, 0.6) is 0 Å². The smallest absolute Gasteiger partial charge is 0.287 e. The lowest BCUT2D eigenvalue weighted by atomic mass is 9.99. The van der Waals surface area contributed by atoms with Gasteiger partial charge in [-0.3, -0.25) is 14.0 Å². The van der Waals surface area contributed by atoms with Crippen LogP contribution in [0.1, 0.15) is 67.1 Å². The lowest BCUT2D eigenvalue weighted by Gasteiger charge is -2.34. The van der Waals surface area contributed by atoms with E-state index in [0.29, 0.717) is 17.8 Å². The third-order valence-electron chi connectivity index (χ3n) is 4.85. The van der Waals surface area contributed by atoms with Crippen molar-refractivity contribution in [3.05, 3.63) is 35.9 Å². The molecule has 0 radical (unpaired) electrons. The fraction of sp³-hybridized carbons (Fsp3) is 0.526. The second kappa shape index (κ2) is 7.68. The maximum atomic E-state index is 13.2. The van der Waals surface area contributed by atoms with Gasteiger partial charge in [-0.05, 0) is 44.2 Å². The first-order chi connectivity index (χ1) is 12.2. The largest absolute Gasteiger partial charge is 0.349 e. The third-order valence-corrected chi connectivity index (χ3v) is 4.85. The van der Waals surface area contributed by atoms with E-state index >= 15 is 0 Å². The monoisotopic (exact) mass is 342 g/mol. The molecule has 1 atom stereocenters. The number of pyridine rings is 1. The Morgan fingerprint density at radius 1 is 1.28 bits per heavy atom. The van der Waals surface area contributed by atoms with Crippen molar-refractivity contribution in [2.75, 3.05) is 13.1 Å². The lowest BCUT2D eigenvalue weighted by molar-refractivity contribution is 0.0604. The molecule has 25 heavy (non-hydrogen) atoms. The van der Waals surface area contributed by atoms with Crippen LogP contribution in [0.25, 0.3) is 5.52 Å². The van der Waals surface area contributed by atoms with Crippen molar-refractivity contribution in [2.24, 2.45) is 0 Å². The molecule has 1 aliphatic rings. The number of likely N-dealkylation sites (tertiary alicyclic amines) is 1. The topological polar surface area (TPSA) is 66.7 Å². The summed E-state index contributed by atoms with van der Waals surface area (Å²) in [4.78, 5) is 32.0. The average Bonchev–Trinajstić information content (AvgIpc) is 3.05. The summed E-state index contributed by atoms with van der Waals surface area (Å²) in [5, 5.41) is 2.85. The quantitative estimate of drug-likeness (QED) is 0.908. The maximum absolute atomic E-state index is 13.2.